The molecule has 1 aromatic heterocycles. The van der Waals surface area contributed by atoms with E-state index in [1.54, 1.807) is 0 Å². The van der Waals surface area contributed by atoms with Gasteiger partial charge in [-0.2, -0.15) is 0 Å². The van der Waals surface area contributed by atoms with E-state index in [0.717, 1.165) is 63.7 Å². The molecule has 1 amide bonds. The molecule has 154 valence electrons. The van der Waals surface area contributed by atoms with Gasteiger partial charge in [0.2, 0.25) is 5.91 Å². The fourth-order valence-corrected chi connectivity index (χ4v) is 4.62. The molecule has 1 aromatic carbocycles. The van der Waals surface area contributed by atoms with Crippen LogP contribution in [0.3, 0.4) is 0 Å². The summed E-state index contributed by atoms with van der Waals surface area (Å²) >= 11 is 0. The van der Waals surface area contributed by atoms with Crippen molar-refractivity contribution in [2.24, 2.45) is 0 Å². The van der Waals surface area contributed by atoms with Gasteiger partial charge in [-0.3, -0.25) is 9.69 Å². The molecule has 1 N–H and O–H groups in total. The van der Waals surface area contributed by atoms with E-state index in [-0.39, 0.29) is 18.1 Å². The van der Waals surface area contributed by atoms with Crippen molar-refractivity contribution in [3.8, 4) is 0 Å². The number of aryl methyl sites for hydroxylation is 1. The first-order chi connectivity index (χ1) is 14.1. The summed E-state index contributed by atoms with van der Waals surface area (Å²) in [7, 11) is 0. The lowest BCUT2D eigenvalue weighted by Crippen LogP contribution is -2.53. The van der Waals surface area contributed by atoms with Crippen molar-refractivity contribution >= 4 is 22.6 Å². The first-order valence-electron chi connectivity index (χ1n) is 10.5. The van der Waals surface area contributed by atoms with Gasteiger partial charge >= 0.3 is 0 Å². The Bertz CT molecular complexity index is 916. The second kappa shape index (κ2) is 7.55. The number of likely N-dealkylation sites (tertiary alicyclic amines) is 1. The molecule has 1 unspecified atom stereocenters. The Hall–Kier alpha value is -2.22. The summed E-state index contributed by atoms with van der Waals surface area (Å²) in [5, 5.41) is 4.15. The number of hydrogen-bond donors (Lipinski definition) is 1. The van der Waals surface area contributed by atoms with E-state index in [9.17, 15) is 4.79 Å². The first kappa shape index (κ1) is 18.8. The Morgan fingerprint density at radius 1 is 1.21 bits per heavy atom. The Morgan fingerprint density at radius 2 is 2.07 bits per heavy atom. The fourth-order valence-electron chi connectivity index (χ4n) is 4.62. The molecule has 3 saturated heterocycles. The van der Waals surface area contributed by atoms with E-state index in [0.29, 0.717) is 6.54 Å². The Kier molecular flexibility index (Phi) is 4.89. The molecule has 0 bridgehead atoms. The normalized spacial score (nSPS) is 25.7. The largest absolute Gasteiger partial charge is 0.378 e. The van der Waals surface area contributed by atoms with Crippen LogP contribution in [0.5, 0.6) is 0 Å². The minimum atomic E-state index is -0.242. The number of carbonyl (C=O) groups excluding carboxylic acids is 1. The molecule has 7 heteroatoms. The molecule has 7 nitrogen and oxygen atoms in total. The highest BCUT2D eigenvalue weighted by Crippen LogP contribution is 2.31. The number of amides is 1. The first-order valence-corrected chi connectivity index (χ1v) is 10.5. The molecular weight excluding hydrogens is 368 g/mol. The predicted octanol–water partition coefficient (Wildman–Crippen LogP) is 1.47. The van der Waals surface area contributed by atoms with Crippen LogP contribution in [0.15, 0.2) is 24.3 Å². The summed E-state index contributed by atoms with van der Waals surface area (Å²) in [5.41, 5.74) is 3.28. The van der Waals surface area contributed by atoms with Crippen molar-refractivity contribution < 1.29 is 14.3 Å². The molecule has 4 heterocycles. The van der Waals surface area contributed by atoms with Crippen LogP contribution < -0.4 is 10.2 Å². The van der Waals surface area contributed by atoms with Crippen LogP contribution in [0.25, 0.3) is 10.9 Å². The molecule has 3 aliphatic rings. The molecule has 0 radical (unpaired) electrons. The van der Waals surface area contributed by atoms with Gasteiger partial charge in [0.15, 0.2) is 0 Å². The van der Waals surface area contributed by atoms with Gasteiger partial charge in [-0.1, -0.05) is 12.1 Å². The van der Waals surface area contributed by atoms with Gasteiger partial charge in [-0.15, -0.1) is 0 Å². The minimum Gasteiger partial charge on any atom is -0.378 e. The smallest absolute Gasteiger partial charge is 0.246 e. The number of carbonyl (C=O) groups is 1. The number of nitrogens with one attached hydrogen (secondary N) is 1. The molecule has 29 heavy (non-hydrogen) atoms. The summed E-state index contributed by atoms with van der Waals surface area (Å²) in [5.74, 6) is 1.06. The Labute approximate surface area is 171 Å². The average molecular weight is 396 g/mol. The Balaban J connectivity index is 1.42. The van der Waals surface area contributed by atoms with Gasteiger partial charge in [-0.25, -0.2) is 4.98 Å². The van der Waals surface area contributed by atoms with Crippen LogP contribution in [-0.4, -0.2) is 73.9 Å². The van der Waals surface area contributed by atoms with E-state index >= 15 is 0 Å². The summed E-state index contributed by atoms with van der Waals surface area (Å²) in [4.78, 5) is 21.3. The van der Waals surface area contributed by atoms with Crippen LogP contribution >= 0.6 is 0 Å². The third-order valence-corrected chi connectivity index (χ3v) is 6.25. The van der Waals surface area contributed by atoms with E-state index in [2.05, 4.69) is 46.3 Å². The molecular formula is C22H28N4O3. The topological polar surface area (TPSA) is 66.9 Å². The second-order valence-electron chi connectivity index (χ2n) is 8.48. The van der Waals surface area contributed by atoms with E-state index in [1.807, 2.05) is 0 Å². The van der Waals surface area contributed by atoms with Crippen molar-refractivity contribution in [2.75, 3.05) is 57.4 Å². The van der Waals surface area contributed by atoms with Crippen LogP contribution in [0.4, 0.5) is 5.82 Å². The van der Waals surface area contributed by atoms with Crippen molar-refractivity contribution in [3.05, 3.63) is 35.4 Å². The zero-order valence-corrected chi connectivity index (χ0v) is 16.9. The standard InChI is InChI=1S/C22H28N4O3/c1-16-2-3-17-11-18(21(24-19(17)10-16)26-6-8-28-9-7-26)12-25-5-4-22(15-25)14-23-20(27)13-29-22/h2-3,10-11H,4-9,12-15H2,1H3,(H,23,27). The lowest BCUT2D eigenvalue weighted by Gasteiger charge is -2.34. The monoisotopic (exact) mass is 396 g/mol. The molecule has 2 aromatic rings. The van der Waals surface area contributed by atoms with Crippen molar-refractivity contribution in [2.45, 2.75) is 25.5 Å². The van der Waals surface area contributed by atoms with E-state index < -0.39 is 0 Å². The van der Waals surface area contributed by atoms with Gasteiger partial charge in [0.25, 0.3) is 0 Å². The lowest BCUT2D eigenvalue weighted by molar-refractivity contribution is -0.142. The fraction of sp³-hybridized carbons (Fsp3) is 0.545. The van der Waals surface area contributed by atoms with Gasteiger partial charge in [0.05, 0.1) is 24.3 Å². The lowest BCUT2D eigenvalue weighted by atomic mass is 10.0. The SMILES string of the molecule is Cc1ccc2cc(CN3CCC4(CNC(=O)CO4)C3)c(N3CCOCC3)nc2c1. The highest BCUT2D eigenvalue weighted by Gasteiger charge is 2.42. The number of rotatable bonds is 3. The molecule has 0 aliphatic carbocycles. The molecule has 5 rings (SSSR count). The maximum absolute atomic E-state index is 11.5. The quantitative estimate of drug-likeness (QED) is 0.848. The third-order valence-electron chi connectivity index (χ3n) is 6.25. The van der Waals surface area contributed by atoms with Crippen molar-refractivity contribution in [1.29, 1.82) is 0 Å². The van der Waals surface area contributed by atoms with Crippen molar-refractivity contribution in [3.63, 3.8) is 0 Å². The third kappa shape index (κ3) is 3.82. The number of pyridine rings is 1. The van der Waals surface area contributed by atoms with Gasteiger partial charge < -0.3 is 19.7 Å². The van der Waals surface area contributed by atoms with Crippen LogP contribution in [0.1, 0.15) is 17.5 Å². The van der Waals surface area contributed by atoms with Crippen molar-refractivity contribution in [1.82, 2.24) is 15.2 Å². The average Bonchev–Trinajstić information content (AvgIpc) is 3.13. The van der Waals surface area contributed by atoms with Crippen LogP contribution in [-0.2, 0) is 20.8 Å². The molecule has 0 saturated carbocycles. The van der Waals surface area contributed by atoms with Crippen LogP contribution in [0.2, 0.25) is 0 Å². The van der Waals surface area contributed by atoms with E-state index in [4.69, 9.17) is 14.5 Å². The molecule has 1 atom stereocenters. The molecule has 1 spiro atoms. The summed E-state index contributed by atoms with van der Waals surface area (Å²) in [6.07, 6.45) is 0.945. The minimum absolute atomic E-state index is 0.0160. The number of anilines is 1. The predicted molar refractivity (Wildman–Crippen MR) is 111 cm³/mol. The summed E-state index contributed by atoms with van der Waals surface area (Å²) in [6.45, 7) is 8.75. The zero-order chi connectivity index (χ0) is 19.8. The number of nitrogens with zero attached hydrogens (tertiary/aromatic N) is 3. The number of hydrogen-bond acceptors (Lipinski definition) is 6. The summed E-state index contributed by atoms with van der Waals surface area (Å²) < 4.78 is 11.5. The van der Waals surface area contributed by atoms with Gasteiger partial charge in [-0.05, 0) is 31.0 Å². The van der Waals surface area contributed by atoms with Gasteiger partial charge in [0, 0.05) is 50.2 Å². The van der Waals surface area contributed by atoms with Gasteiger partial charge in [0.1, 0.15) is 12.4 Å². The zero-order valence-electron chi connectivity index (χ0n) is 16.9. The highest BCUT2D eigenvalue weighted by atomic mass is 16.5. The maximum atomic E-state index is 11.5. The van der Waals surface area contributed by atoms with E-state index in [1.165, 1.54) is 16.5 Å². The maximum Gasteiger partial charge on any atom is 0.246 e. The summed E-state index contributed by atoms with van der Waals surface area (Å²) in [6, 6.07) is 8.76. The van der Waals surface area contributed by atoms with Crippen LogP contribution in [0, 0.1) is 6.92 Å². The second-order valence-corrected chi connectivity index (χ2v) is 8.48. The molecule has 3 aliphatic heterocycles. The number of benzene rings is 1. The number of ether oxygens (including phenoxy) is 2. The number of morpholine rings is 2. The Morgan fingerprint density at radius 3 is 2.86 bits per heavy atom. The molecule has 3 fully saturated rings. The highest BCUT2D eigenvalue weighted by molar-refractivity contribution is 5.82. The number of aromatic nitrogens is 1. The number of fused-ring (bicyclic) bond motifs is 1.